The number of hydrogen-bond acceptors (Lipinski definition) is 3. The summed E-state index contributed by atoms with van der Waals surface area (Å²) >= 11 is 0. The van der Waals surface area contributed by atoms with Crippen LogP contribution in [0.3, 0.4) is 0 Å². The number of benzene rings is 1. The molecule has 5 nitrogen and oxygen atoms in total. The Morgan fingerprint density at radius 3 is 2.40 bits per heavy atom. The van der Waals surface area contributed by atoms with Crippen LogP contribution in [0.2, 0.25) is 0 Å². The minimum absolute atomic E-state index is 0.0437. The van der Waals surface area contributed by atoms with E-state index in [1.54, 1.807) is 6.07 Å². The molecule has 0 fully saturated rings. The number of aryl methyl sites for hydroxylation is 1. The Labute approximate surface area is 119 Å². The fourth-order valence-corrected chi connectivity index (χ4v) is 2.02. The van der Waals surface area contributed by atoms with E-state index < -0.39 is 11.9 Å². The molecule has 0 aromatic heterocycles. The van der Waals surface area contributed by atoms with Crippen molar-refractivity contribution >= 4 is 17.5 Å². The van der Waals surface area contributed by atoms with Gasteiger partial charge in [-0.15, -0.1) is 0 Å². The lowest BCUT2D eigenvalue weighted by Gasteiger charge is -2.19. The van der Waals surface area contributed by atoms with Crippen LogP contribution in [0.5, 0.6) is 0 Å². The molecule has 0 aliphatic carbocycles. The van der Waals surface area contributed by atoms with Gasteiger partial charge >= 0.3 is 0 Å². The summed E-state index contributed by atoms with van der Waals surface area (Å²) in [6.45, 7) is 8.39. The van der Waals surface area contributed by atoms with E-state index in [9.17, 15) is 9.59 Å². The highest BCUT2D eigenvalue weighted by Gasteiger charge is 2.22. The molecule has 20 heavy (non-hydrogen) atoms. The molecule has 1 rings (SSSR count). The maximum Gasteiger partial charge on any atom is 0.252 e. The number of amides is 2. The minimum Gasteiger partial charge on any atom is -0.385 e. The van der Waals surface area contributed by atoms with E-state index in [2.05, 4.69) is 10.6 Å². The van der Waals surface area contributed by atoms with Crippen LogP contribution < -0.4 is 16.4 Å². The lowest BCUT2D eigenvalue weighted by Crippen LogP contribution is -2.47. The lowest BCUT2D eigenvalue weighted by molar-refractivity contribution is -0.120. The predicted molar refractivity (Wildman–Crippen MR) is 80.6 cm³/mol. The Kier molecular flexibility index (Phi) is 5.55. The van der Waals surface area contributed by atoms with Crippen molar-refractivity contribution in [3.63, 3.8) is 0 Å². The summed E-state index contributed by atoms with van der Waals surface area (Å²) in [6.07, 6.45) is 0. The number of hydrogen-bond donors (Lipinski definition) is 3. The molecular formula is C15H23N3O2. The minimum atomic E-state index is -0.657. The fourth-order valence-electron chi connectivity index (χ4n) is 2.02. The highest BCUT2D eigenvalue weighted by molar-refractivity contribution is 5.98. The fraction of sp³-hybridized carbons (Fsp3) is 0.467. The first-order valence-corrected chi connectivity index (χ1v) is 6.81. The number of carbonyl (C=O) groups excluding carboxylic acids is 2. The smallest absolute Gasteiger partial charge is 0.252 e. The zero-order valence-corrected chi connectivity index (χ0v) is 12.5. The van der Waals surface area contributed by atoms with Crippen LogP contribution >= 0.6 is 0 Å². The second kappa shape index (κ2) is 6.93. The van der Waals surface area contributed by atoms with Crippen molar-refractivity contribution in [2.24, 2.45) is 11.7 Å². The molecule has 0 aliphatic rings. The summed E-state index contributed by atoms with van der Waals surface area (Å²) in [5.74, 6) is -0.837. The van der Waals surface area contributed by atoms with Gasteiger partial charge in [0.15, 0.2) is 0 Å². The van der Waals surface area contributed by atoms with Gasteiger partial charge in [0.2, 0.25) is 5.91 Å². The summed E-state index contributed by atoms with van der Waals surface area (Å²) in [6, 6.07) is 4.85. The monoisotopic (exact) mass is 277 g/mol. The molecule has 0 aliphatic heterocycles. The highest BCUT2D eigenvalue weighted by Crippen LogP contribution is 2.15. The summed E-state index contributed by atoms with van der Waals surface area (Å²) in [5, 5.41) is 5.88. The van der Waals surface area contributed by atoms with Gasteiger partial charge in [-0.3, -0.25) is 9.59 Å². The first-order chi connectivity index (χ1) is 9.36. The number of primary amides is 1. The number of anilines is 1. The summed E-state index contributed by atoms with van der Waals surface area (Å²) in [4.78, 5) is 23.5. The standard InChI is InChI=1S/C15H23N3O2/c1-5-17-11-6-7-12(10(4)8-11)15(20)18-13(9(2)3)14(16)19/h6-9,13,17H,5H2,1-4H3,(H2,16,19)(H,18,20). The van der Waals surface area contributed by atoms with Crippen molar-refractivity contribution in [2.75, 3.05) is 11.9 Å². The molecule has 0 spiro atoms. The third kappa shape index (κ3) is 3.98. The quantitative estimate of drug-likeness (QED) is 0.739. The van der Waals surface area contributed by atoms with E-state index in [0.29, 0.717) is 5.56 Å². The molecule has 1 aromatic carbocycles. The molecule has 0 saturated carbocycles. The number of carbonyl (C=O) groups is 2. The molecule has 5 heteroatoms. The average Bonchev–Trinajstić information content (AvgIpc) is 2.35. The molecule has 110 valence electrons. The topological polar surface area (TPSA) is 84.2 Å². The zero-order valence-electron chi connectivity index (χ0n) is 12.5. The van der Waals surface area contributed by atoms with Crippen molar-refractivity contribution < 1.29 is 9.59 Å². The van der Waals surface area contributed by atoms with Crippen molar-refractivity contribution in [1.82, 2.24) is 5.32 Å². The predicted octanol–water partition coefficient (Wildman–Crippen LogP) is 1.67. The molecule has 1 atom stereocenters. The molecule has 1 unspecified atom stereocenters. The van der Waals surface area contributed by atoms with Crippen LogP contribution in [0.25, 0.3) is 0 Å². The van der Waals surface area contributed by atoms with Gasteiger partial charge in [-0.25, -0.2) is 0 Å². The normalized spacial score (nSPS) is 12.1. The Morgan fingerprint density at radius 2 is 1.95 bits per heavy atom. The third-order valence-electron chi connectivity index (χ3n) is 3.11. The van der Waals surface area contributed by atoms with Crippen molar-refractivity contribution in [3.05, 3.63) is 29.3 Å². The Balaban J connectivity index is 2.89. The van der Waals surface area contributed by atoms with E-state index in [0.717, 1.165) is 17.8 Å². The van der Waals surface area contributed by atoms with E-state index in [-0.39, 0.29) is 11.8 Å². The number of nitrogens with two attached hydrogens (primary N) is 1. The molecular weight excluding hydrogens is 254 g/mol. The van der Waals surface area contributed by atoms with E-state index in [4.69, 9.17) is 5.73 Å². The van der Waals surface area contributed by atoms with Gasteiger partial charge in [0.25, 0.3) is 5.91 Å². The molecule has 1 aromatic rings. The second-order valence-electron chi connectivity index (χ2n) is 5.16. The van der Waals surface area contributed by atoms with Gasteiger partial charge in [-0.1, -0.05) is 13.8 Å². The first kappa shape index (κ1) is 16.0. The maximum absolute atomic E-state index is 12.2. The molecule has 0 saturated heterocycles. The SMILES string of the molecule is CCNc1ccc(C(=O)NC(C(N)=O)C(C)C)c(C)c1. The van der Waals surface area contributed by atoms with Crippen molar-refractivity contribution in [3.8, 4) is 0 Å². The molecule has 0 bridgehead atoms. The molecule has 0 radical (unpaired) electrons. The van der Waals surface area contributed by atoms with E-state index >= 15 is 0 Å². The lowest BCUT2D eigenvalue weighted by atomic mass is 10.0. The van der Waals surface area contributed by atoms with Crippen molar-refractivity contribution in [1.29, 1.82) is 0 Å². The zero-order chi connectivity index (χ0) is 15.3. The van der Waals surface area contributed by atoms with Crippen molar-refractivity contribution in [2.45, 2.75) is 33.7 Å². The van der Waals surface area contributed by atoms with Gasteiger partial charge in [-0.05, 0) is 43.5 Å². The van der Waals surface area contributed by atoms with Crippen LogP contribution in [0.1, 0.15) is 36.7 Å². The molecule has 2 amide bonds. The van der Waals surface area contributed by atoms with Crippen LogP contribution in [0.4, 0.5) is 5.69 Å². The highest BCUT2D eigenvalue weighted by atomic mass is 16.2. The van der Waals surface area contributed by atoms with E-state index in [1.165, 1.54) is 0 Å². The average molecular weight is 277 g/mol. The number of nitrogens with one attached hydrogen (secondary N) is 2. The Morgan fingerprint density at radius 1 is 1.30 bits per heavy atom. The van der Waals surface area contributed by atoms with Gasteiger partial charge < -0.3 is 16.4 Å². The second-order valence-corrected chi connectivity index (χ2v) is 5.16. The summed E-state index contributed by atoms with van der Waals surface area (Å²) < 4.78 is 0. The largest absolute Gasteiger partial charge is 0.385 e. The molecule has 4 N–H and O–H groups in total. The van der Waals surface area contributed by atoms with E-state index in [1.807, 2.05) is 39.8 Å². The number of rotatable bonds is 6. The van der Waals surface area contributed by atoms with Gasteiger partial charge in [-0.2, -0.15) is 0 Å². The van der Waals surface area contributed by atoms with Crippen LogP contribution in [0, 0.1) is 12.8 Å². The summed E-state index contributed by atoms with van der Waals surface area (Å²) in [7, 11) is 0. The Hall–Kier alpha value is -2.04. The Bertz CT molecular complexity index is 498. The van der Waals surface area contributed by atoms with Crippen LogP contribution in [0.15, 0.2) is 18.2 Å². The van der Waals surface area contributed by atoms with Gasteiger partial charge in [0, 0.05) is 17.8 Å². The van der Waals surface area contributed by atoms with Gasteiger partial charge in [0.05, 0.1) is 0 Å². The third-order valence-corrected chi connectivity index (χ3v) is 3.11. The van der Waals surface area contributed by atoms with Crippen LogP contribution in [-0.4, -0.2) is 24.4 Å². The van der Waals surface area contributed by atoms with Gasteiger partial charge in [0.1, 0.15) is 6.04 Å². The van der Waals surface area contributed by atoms with Crippen LogP contribution in [-0.2, 0) is 4.79 Å². The maximum atomic E-state index is 12.2. The molecule has 0 heterocycles. The summed E-state index contributed by atoms with van der Waals surface area (Å²) in [5.41, 5.74) is 7.68. The first-order valence-electron chi connectivity index (χ1n) is 6.81.